The molecule has 0 bridgehead atoms. The van der Waals surface area contributed by atoms with Crippen LogP contribution in [0.3, 0.4) is 0 Å². The second-order valence-corrected chi connectivity index (χ2v) is 3.06. The number of esters is 1. The van der Waals surface area contributed by atoms with Gasteiger partial charge in [0.1, 0.15) is 11.8 Å². The highest BCUT2D eigenvalue weighted by molar-refractivity contribution is 5.97. The Kier molecular flexibility index (Phi) is 2.74. The largest absolute Gasteiger partial charge is 0.471 e. The second-order valence-electron chi connectivity index (χ2n) is 3.06. The van der Waals surface area contributed by atoms with E-state index in [9.17, 15) is 22.8 Å². The van der Waals surface area contributed by atoms with Crippen LogP contribution in [0.5, 0.6) is 0 Å². The number of halogens is 3. The zero-order valence-corrected chi connectivity index (χ0v) is 7.94. The van der Waals surface area contributed by atoms with Crippen molar-refractivity contribution >= 4 is 11.9 Å². The molecule has 15 heavy (non-hydrogen) atoms. The molecular weight excluding hydrogens is 215 g/mol. The number of cyclic esters (lactones) is 1. The molecule has 0 aromatic rings. The van der Waals surface area contributed by atoms with E-state index >= 15 is 0 Å². The zero-order valence-electron chi connectivity index (χ0n) is 7.94. The number of nitrogens with one attached hydrogen (secondary N) is 1. The number of hydrogen-bond acceptors (Lipinski definition) is 3. The Bertz CT molecular complexity index is 346. The lowest BCUT2D eigenvalue weighted by Gasteiger charge is -2.06. The molecule has 1 atom stereocenters. The normalized spacial score (nSPS) is 21.7. The van der Waals surface area contributed by atoms with E-state index in [-0.39, 0.29) is 5.57 Å². The fraction of sp³-hybridized carbons (Fsp3) is 0.500. The first-order valence-corrected chi connectivity index (χ1v) is 4.03. The van der Waals surface area contributed by atoms with Crippen molar-refractivity contribution in [1.29, 1.82) is 0 Å². The molecule has 84 valence electrons. The molecule has 0 fully saturated rings. The summed E-state index contributed by atoms with van der Waals surface area (Å²) in [4.78, 5) is 21.5. The first kappa shape index (κ1) is 11.5. The predicted octanol–water partition coefficient (Wildman–Crippen LogP) is 0.884. The van der Waals surface area contributed by atoms with Crippen LogP contribution in [-0.4, -0.2) is 24.2 Å². The lowest BCUT2D eigenvalue weighted by molar-refractivity contribution is -0.173. The summed E-state index contributed by atoms with van der Waals surface area (Å²) in [6.07, 6.45) is -5.62. The standard InChI is InChI=1S/C8H8F3NO3/c1-3-4(2)15-6(13)5(3)12-7(14)8(9,10)11/h4H,1-2H3,(H,12,14). The maximum atomic E-state index is 11.9. The third kappa shape index (κ3) is 2.28. The van der Waals surface area contributed by atoms with Gasteiger partial charge in [0, 0.05) is 0 Å². The number of rotatable bonds is 1. The summed E-state index contributed by atoms with van der Waals surface area (Å²) in [6.45, 7) is 2.92. The molecule has 0 saturated heterocycles. The molecule has 1 unspecified atom stereocenters. The summed E-state index contributed by atoms with van der Waals surface area (Å²) in [6, 6.07) is 0. The Hall–Kier alpha value is -1.53. The van der Waals surface area contributed by atoms with Crippen molar-refractivity contribution in [3.8, 4) is 0 Å². The minimum absolute atomic E-state index is 0.276. The van der Waals surface area contributed by atoms with Crippen LogP contribution >= 0.6 is 0 Å². The van der Waals surface area contributed by atoms with Gasteiger partial charge in [-0.2, -0.15) is 13.2 Å². The van der Waals surface area contributed by atoms with Gasteiger partial charge in [0.15, 0.2) is 0 Å². The first-order valence-electron chi connectivity index (χ1n) is 4.03. The van der Waals surface area contributed by atoms with E-state index < -0.39 is 29.9 Å². The molecule has 7 heteroatoms. The van der Waals surface area contributed by atoms with Crippen LogP contribution in [0.15, 0.2) is 11.3 Å². The van der Waals surface area contributed by atoms with Gasteiger partial charge in [-0.25, -0.2) is 4.79 Å². The van der Waals surface area contributed by atoms with Crippen molar-refractivity contribution in [2.24, 2.45) is 0 Å². The van der Waals surface area contributed by atoms with Crippen LogP contribution in [0.25, 0.3) is 0 Å². The molecule has 1 aliphatic rings. The van der Waals surface area contributed by atoms with Crippen LogP contribution < -0.4 is 5.32 Å². The molecule has 4 nitrogen and oxygen atoms in total. The Morgan fingerprint density at radius 3 is 2.33 bits per heavy atom. The Labute approximate surface area is 83.1 Å². The molecule has 0 saturated carbocycles. The Balaban J connectivity index is 2.83. The third-order valence-corrected chi connectivity index (χ3v) is 1.99. The van der Waals surface area contributed by atoms with Gasteiger partial charge in [0.25, 0.3) is 0 Å². The van der Waals surface area contributed by atoms with E-state index in [4.69, 9.17) is 0 Å². The highest BCUT2D eigenvalue weighted by atomic mass is 19.4. The Morgan fingerprint density at radius 2 is 2.00 bits per heavy atom. The maximum absolute atomic E-state index is 11.9. The van der Waals surface area contributed by atoms with Gasteiger partial charge in [0.05, 0.1) is 0 Å². The van der Waals surface area contributed by atoms with Gasteiger partial charge in [-0.05, 0) is 19.4 Å². The summed E-state index contributed by atoms with van der Waals surface area (Å²) >= 11 is 0. The van der Waals surface area contributed by atoms with E-state index in [0.717, 1.165) is 0 Å². The van der Waals surface area contributed by atoms with Gasteiger partial charge in [0.2, 0.25) is 0 Å². The maximum Gasteiger partial charge on any atom is 0.471 e. The molecule has 0 spiro atoms. The predicted molar refractivity (Wildman–Crippen MR) is 42.5 cm³/mol. The summed E-state index contributed by atoms with van der Waals surface area (Å²) in [7, 11) is 0. The van der Waals surface area contributed by atoms with Gasteiger partial charge in [-0.3, -0.25) is 4.79 Å². The Morgan fingerprint density at radius 1 is 1.47 bits per heavy atom. The van der Waals surface area contributed by atoms with Crippen LogP contribution in [0.2, 0.25) is 0 Å². The van der Waals surface area contributed by atoms with Crippen molar-refractivity contribution in [3.05, 3.63) is 11.3 Å². The molecule has 1 rings (SSSR count). The topological polar surface area (TPSA) is 55.4 Å². The van der Waals surface area contributed by atoms with Crippen molar-refractivity contribution in [2.45, 2.75) is 26.1 Å². The average molecular weight is 223 g/mol. The highest BCUT2D eigenvalue weighted by Gasteiger charge is 2.41. The van der Waals surface area contributed by atoms with Crippen molar-refractivity contribution in [2.75, 3.05) is 0 Å². The molecular formula is C8H8F3NO3. The number of ether oxygens (including phenoxy) is 1. The lowest BCUT2D eigenvalue weighted by atomic mass is 10.2. The van der Waals surface area contributed by atoms with Crippen LogP contribution in [0.4, 0.5) is 13.2 Å². The van der Waals surface area contributed by atoms with E-state index in [1.165, 1.54) is 19.2 Å². The van der Waals surface area contributed by atoms with Crippen LogP contribution in [0.1, 0.15) is 13.8 Å². The summed E-state index contributed by atoms with van der Waals surface area (Å²) in [5, 5.41) is 1.49. The highest BCUT2D eigenvalue weighted by Crippen LogP contribution is 2.22. The fourth-order valence-electron chi connectivity index (χ4n) is 1.01. The molecule has 1 aliphatic heterocycles. The minimum atomic E-state index is -5.01. The van der Waals surface area contributed by atoms with Crippen molar-refractivity contribution in [1.82, 2.24) is 5.32 Å². The zero-order chi connectivity index (χ0) is 11.8. The number of carbonyl (C=O) groups excluding carboxylic acids is 2. The van der Waals surface area contributed by atoms with E-state index in [2.05, 4.69) is 4.74 Å². The number of carbonyl (C=O) groups is 2. The molecule has 0 aromatic carbocycles. The van der Waals surface area contributed by atoms with Gasteiger partial charge in [-0.1, -0.05) is 0 Å². The van der Waals surface area contributed by atoms with Crippen molar-refractivity contribution < 1.29 is 27.5 Å². The number of alkyl halides is 3. The SMILES string of the molecule is CC1=C(NC(=O)C(F)(F)F)C(=O)OC1C. The second kappa shape index (κ2) is 3.56. The van der Waals surface area contributed by atoms with E-state index in [1.54, 1.807) is 0 Å². The molecule has 0 aromatic heterocycles. The molecule has 1 heterocycles. The van der Waals surface area contributed by atoms with E-state index in [0.29, 0.717) is 0 Å². The summed E-state index contributed by atoms with van der Waals surface area (Å²) in [5.41, 5.74) is -0.151. The quantitative estimate of drug-likeness (QED) is 0.671. The smallest absolute Gasteiger partial charge is 0.453 e. The van der Waals surface area contributed by atoms with Crippen molar-refractivity contribution in [3.63, 3.8) is 0 Å². The third-order valence-electron chi connectivity index (χ3n) is 1.99. The molecule has 1 N–H and O–H groups in total. The monoisotopic (exact) mass is 223 g/mol. The lowest BCUT2D eigenvalue weighted by Crippen LogP contribution is -2.37. The number of hydrogen-bond donors (Lipinski definition) is 1. The van der Waals surface area contributed by atoms with Gasteiger partial charge < -0.3 is 10.1 Å². The summed E-state index contributed by atoms with van der Waals surface area (Å²) < 4.78 is 40.2. The van der Waals surface area contributed by atoms with Gasteiger partial charge in [-0.15, -0.1) is 0 Å². The van der Waals surface area contributed by atoms with Crippen LogP contribution in [-0.2, 0) is 14.3 Å². The van der Waals surface area contributed by atoms with Gasteiger partial charge >= 0.3 is 18.1 Å². The minimum Gasteiger partial charge on any atom is -0.453 e. The first-order chi connectivity index (χ1) is 6.73. The van der Waals surface area contributed by atoms with E-state index in [1.807, 2.05) is 0 Å². The molecule has 0 aliphatic carbocycles. The number of amides is 1. The van der Waals surface area contributed by atoms with Crippen LogP contribution in [0, 0.1) is 0 Å². The average Bonchev–Trinajstić information content (AvgIpc) is 2.30. The fourth-order valence-corrected chi connectivity index (χ4v) is 1.01. The molecule has 1 amide bonds. The molecule has 0 radical (unpaired) electrons. The summed E-state index contributed by atoms with van der Waals surface area (Å²) in [5.74, 6) is -3.12.